The molecule has 24 heavy (non-hydrogen) atoms. The molecular formula is C16H16F3N5. The lowest BCUT2D eigenvalue weighted by Crippen LogP contribution is -2.45. The molecule has 1 aliphatic heterocycles. The second kappa shape index (κ2) is 5.79. The number of hydrogen-bond donors (Lipinski definition) is 2. The van der Waals surface area contributed by atoms with Crippen molar-refractivity contribution in [2.45, 2.75) is 19.3 Å². The van der Waals surface area contributed by atoms with Gasteiger partial charge in [0.2, 0.25) is 0 Å². The Balaban J connectivity index is 2.12. The smallest absolute Gasteiger partial charge is 0.369 e. The number of hydrogen-bond acceptors (Lipinski definition) is 5. The number of halogens is 3. The fourth-order valence-electron chi connectivity index (χ4n) is 2.73. The fourth-order valence-corrected chi connectivity index (χ4v) is 2.73. The van der Waals surface area contributed by atoms with Crippen LogP contribution in [-0.2, 0) is 6.18 Å². The zero-order valence-corrected chi connectivity index (χ0v) is 12.9. The number of nitrogens with two attached hydrogens (primary N) is 2. The molecule has 0 aliphatic carbocycles. The molecule has 1 unspecified atom stereocenters. The summed E-state index contributed by atoms with van der Waals surface area (Å²) in [5.74, 6) is 0.449. The molecule has 0 fully saturated rings. The summed E-state index contributed by atoms with van der Waals surface area (Å²) in [6, 6.07) is 8.45. The Bertz CT molecular complexity index is 801. The molecule has 0 spiro atoms. The van der Waals surface area contributed by atoms with E-state index in [2.05, 4.69) is 9.98 Å². The Hall–Kier alpha value is -2.61. The molecule has 126 valence electrons. The number of alkyl halides is 3. The number of fused-ring (bicyclic) bond motifs is 1. The SMILES string of the molecule is CCN1C(N)=Nc2nc(-c3ccccc3C(F)(F)F)ccc2C1N. The van der Waals surface area contributed by atoms with Gasteiger partial charge < -0.3 is 16.4 Å². The van der Waals surface area contributed by atoms with Gasteiger partial charge in [-0.25, -0.2) is 4.98 Å². The number of nitrogens with zero attached hydrogens (tertiary/aromatic N) is 3. The monoisotopic (exact) mass is 335 g/mol. The van der Waals surface area contributed by atoms with Gasteiger partial charge in [-0.1, -0.05) is 18.2 Å². The average molecular weight is 335 g/mol. The van der Waals surface area contributed by atoms with Crippen molar-refractivity contribution >= 4 is 11.8 Å². The molecule has 1 atom stereocenters. The van der Waals surface area contributed by atoms with Crippen molar-refractivity contribution in [2.75, 3.05) is 6.54 Å². The maximum atomic E-state index is 13.2. The summed E-state index contributed by atoms with van der Waals surface area (Å²) >= 11 is 0. The first-order valence-corrected chi connectivity index (χ1v) is 7.37. The number of aliphatic imine (C=N–C) groups is 1. The summed E-state index contributed by atoms with van der Waals surface area (Å²) in [7, 11) is 0. The lowest BCUT2D eigenvalue weighted by Gasteiger charge is -2.32. The van der Waals surface area contributed by atoms with Crippen molar-refractivity contribution < 1.29 is 13.2 Å². The van der Waals surface area contributed by atoms with Gasteiger partial charge in [0.1, 0.15) is 6.17 Å². The number of rotatable bonds is 2. The Morgan fingerprint density at radius 1 is 1.17 bits per heavy atom. The van der Waals surface area contributed by atoms with Crippen LogP contribution in [0.25, 0.3) is 11.3 Å². The van der Waals surface area contributed by atoms with E-state index in [9.17, 15) is 13.2 Å². The Morgan fingerprint density at radius 3 is 2.54 bits per heavy atom. The highest BCUT2D eigenvalue weighted by Gasteiger charge is 2.34. The van der Waals surface area contributed by atoms with Gasteiger partial charge >= 0.3 is 6.18 Å². The molecular weight excluding hydrogens is 319 g/mol. The van der Waals surface area contributed by atoms with E-state index in [1.807, 2.05) is 6.92 Å². The summed E-state index contributed by atoms with van der Waals surface area (Å²) in [5.41, 5.74) is 12.0. The van der Waals surface area contributed by atoms with Crippen LogP contribution in [-0.4, -0.2) is 22.4 Å². The molecule has 2 aromatic rings. The molecule has 0 saturated carbocycles. The standard InChI is InChI=1S/C16H16F3N5/c1-2-24-13(20)10-7-8-12(22-14(10)23-15(24)21)9-5-3-4-6-11(9)16(17,18)19/h3-8,13H,2,20H2,1H3,(H2,21,22,23). The fraction of sp³-hybridized carbons (Fsp3) is 0.250. The molecule has 0 amide bonds. The second-order valence-corrected chi connectivity index (χ2v) is 5.35. The minimum absolute atomic E-state index is 0.00642. The van der Waals surface area contributed by atoms with Crippen molar-refractivity contribution in [3.63, 3.8) is 0 Å². The van der Waals surface area contributed by atoms with Crippen LogP contribution in [0.15, 0.2) is 41.4 Å². The van der Waals surface area contributed by atoms with E-state index in [1.54, 1.807) is 11.0 Å². The minimum Gasteiger partial charge on any atom is -0.369 e. The van der Waals surface area contributed by atoms with Crippen LogP contribution in [0.5, 0.6) is 0 Å². The highest BCUT2D eigenvalue weighted by Crippen LogP contribution is 2.38. The van der Waals surface area contributed by atoms with Crippen molar-refractivity contribution in [3.8, 4) is 11.3 Å². The van der Waals surface area contributed by atoms with Crippen molar-refractivity contribution in [2.24, 2.45) is 16.5 Å². The van der Waals surface area contributed by atoms with Gasteiger partial charge in [0.15, 0.2) is 11.8 Å². The maximum Gasteiger partial charge on any atom is 0.417 e. The summed E-state index contributed by atoms with van der Waals surface area (Å²) in [4.78, 5) is 10.1. The molecule has 5 nitrogen and oxygen atoms in total. The molecule has 1 aromatic heterocycles. The average Bonchev–Trinajstić information content (AvgIpc) is 2.54. The lowest BCUT2D eigenvalue weighted by atomic mass is 10.0. The molecule has 0 radical (unpaired) electrons. The van der Waals surface area contributed by atoms with E-state index >= 15 is 0 Å². The number of benzene rings is 1. The zero-order valence-electron chi connectivity index (χ0n) is 12.9. The largest absolute Gasteiger partial charge is 0.417 e. The Morgan fingerprint density at radius 2 is 1.88 bits per heavy atom. The number of pyridine rings is 1. The molecule has 0 saturated heterocycles. The van der Waals surface area contributed by atoms with Crippen molar-refractivity contribution in [1.29, 1.82) is 0 Å². The number of guanidine groups is 1. The number of aromatic nitrogens is 1. The summed E-state index contributed by atoms with van der Waals surface area (Å²) < 4.78 is 39.6. The lowest BCUT2D eigenvalue weighted by molar-refractivity contribution is -0.137. The molecule has 2 heterocycles. The van der Waals surface area contributed by atoms with Crippen molar-refractivity contribution in [1.82, 2.24) is 9.88 Å². The quantitative estimate of drug-likeness (QED) is 0.884. The van der Waals surface area contributed by atoms with Crippen LogP contribution in [0.3, 0.4) is 0 Å². The molecule has 8 heteroatoms. The van der Waals surface area contributed by atoms with Crippen LogP contribution in [0, 0.1) is 0 Å². The summed E-state index contributed by atoms with van der Waals surface area (Å²) in [5, 5.41) is 0. The van der Waals surface area contributed by atoms with E-state index in [-0.39, 0.29) is 23.0 Å². The van der Waals surface area contributed by atoms with Crippen molar-refractivity contribution in [3.05, 3.63) is 47.5 Å². The van der Waals surface area contributed by atoms with Crippen LogP contribution in [0.4, 0.5) is 19.0 Å². The third-order valence-electron chi connectivity index (χ3n) is 3.92. The van der Waals surface area contributed by atoms with Crippen LogP contribution in [0.1, 0.15) is 24.2 Å². The maximum absolute atomic E-state index is 13.2. The first kappa shape index (κ1) is 16.3. The molecule has 3 rings (SSSR count). The highest BCUT2D eigenvalue weighted by atomic mass is 19.4. The van der Waals surface area contributed by atoms with Gasteiger partial charge in [0, 0.05) is 17.7 Å². The highest BCUT2D eigenvalue weighted by molar-refractivity contribution is 5.84. The summed E-state index contributed by atoms with van der Waals surface area (Å²) in [6.45, 7) is 2.45. The van der Waals surface area contributed by atoms with E-state index in [0.717, 1.165) is 6.07 Å². The van der Waals surface area contributed by atoms with Gasteiger partial charge in [0.05, 0.1) is 11.3 Å². The first-order chi connectivity index (χ1) is 11.3. The van der Waals surface area contributed by atoms with Crippen LogP contribution < -0.4 is 11.5 Å². The molecule has 1 aromatic carbocycles. The van der Waals surface area contributed by atoms with E-state index in [4.69, 9.17) is 11.5 Å². The minimum atomic E-state index is -4.47. The van der Waals surface area contributed by atoms with E-state index < -0.39 is 17.9 Å². The van der Waals surface area contributed by atoms with E-state index in [0.29, 0.717) is 12.1 Å². The molecule has 4 N–H and O–H groups in total. The van der Waals surface area contributed by atoms with Gasteiger partial charge in [-0.2, -0.15) is 18.2 Å². The van der Waals surface area contributed by atoms with Crippen LogP contribution in [0.2, 0.25) is 0 Å². The second-order valence-electron chi connectivity index (χ2n) is 5.35. The molecule has 0 bridgehead atoms. The van der Waals surface area contributed by atoms with Gasteiger partial charge in [-0.3, -0.25) is 0 Å². The van der Waals surface area contributed by atoms with E-state index in [1.165, 1.54) is 24.3 Å². The van der Waals surface area contributed by atoms with Gasteiger partial charge in [-0.05, 0) is 25.1 Å². The first-order valence-electron chi connectivity index (χ1n) is 7.37. The molecule has 1 aliphatic rings. The Labute approximate surface area is 136 Å². The third kappa shape index (κ3) is 2.69. The summed E-state index contributed by atoms with van der Waals surface area (Å²) in [6.07, 6.45) is -4.99. The normalized spacial score (nSPS) is 17.5. The predicted octanol–water partition coefficient (Wildman–Crippen LogP) is 3.01. The van der Waals surface area contributed by atoms with Gasteiger partial charge in [-0.15, -0.1) is 0 Å². The Kier molecular flexibility index (Phi) is 3.92. The third-order valence-corrected chi connectivity index (χ3v) is 3.92. The van der Waals surface area contributed by atoms with Crippen LogP contribution >= 0.6 is 0 Å². The topological polar surface area (TPSA) is 80.5 Å². The zero-order chi connectivity index (χ0) is 17.5. The van der Waals surface area contributed by atoms with Gasteiger partial charge in [0.25, 0.3) is 0 Å². The predicted molar refractivity (Wildman–Crippen MR) is 85.3 cm³/mol.